The largest absolute Gasteiger partial charge is 0.357 e. The fourth-order valence-corrected chi connectivity index (χ4v) is 3.00. The quantitative estimate of drug-likeness (QED) is 0.413. The summed E-state index contributed by atoms with van der Waals surface area (Å²) in [5.74, 6) is 1.34. The van der Waals surface area contributed by atoms with E-state index in [0.717, 1.165) is 31.2 Å². The molecule has 1 aromatic rings. The van der Waals surface area contributed by atoms with Crippen molar-refractivity contribution in [2.24, 2.45) is 10.9 Å². The maximum Gasteiger partial charge on any atom is 0.191 e. The summed E-state index contributed by atoms with van der Waals surface area (Å²) in [7, 11) is 2.18. The Kier molecular flexibility index (Phi) is 9.58. The van der Waals surface area contributed by atoms with Gasteiger partial charge in [-0.3, -0.25) is 0 Å². The standard InChI is InChI=1S/C18H29FN4.HI/c1-4-20-18(22-12-16-6-5-9-23(3)13-16)21-11-15-7-8-17(19)14(2)10-15;/h7-8,10,16H,4-6,9,11-13H2,1-3H3,(H2,20,21,22);1H. The third-order valence-electron chi connectivity index (χ3n) is 4.27. The summed E-state index contributed by atoms with van der Waals surface area (Å²) >= 11 is 0. The summed E-state index contributed by atoms with van der Waals surface area (Å²) in [4.78, 5) is 7.01. The van der Waals surface area contributed by atoms with Crippen molar-refractivity contribution in [3.63, 3.8) is 0 Å². The average Bonchev–Trinajstić information content (AvgIpc) is 2.53. The Labute approximate surface area is 162 Å². The van der Waals surface area contributed by atoms with Crippen LogP contribution in [-0.4, -0.2) is 44.1 Å². The third-order valence-corrected chi connectivity index (χ3v) is 4.27. The van der Waals surface area contributed by atoms with Crippen LogP contribution in [0.3, 0.4) is 0 Å². The van der Waals surface area contributed by atoms with Crippen LogP contribution in [0.25, 0.3) is 0 Å². The highest BCUT2D eigenvalue weighted by molar-refractivity contribution is 14.0. The Morgan fingerprint density at radius 2 is 2.17 bits per heavy atom. The second kappa shape index (κ2) is 10.9. The second-order valence-electron chi connectivity index (χ2n) is 6.43. The van der Waals surface area contributed by atoms with Crippen LogP contribution in [-0.2, 0) is 6.54 Å². The molecule has 1 unspecified atom stereocenters. The maximum absolute atomic E-state index is 13.3. The summed E-state index contributed by atoms with van der Waals surface area (Å²) in [6.45, 7) is 8.52. The third kappa shape index (κ3) is 6.93. The molecule has 1 aliphatic heterocycles. The van der Waals surface area contributed by atoms with Gasteiger partial charge in [0.2, 0.25) is 0 Å². The van der Waals surface area contributed by atoms with Gasteiger partial charge in [-0.25, -0.2) is 9.38 Å². The van der Waals surface area contributed by atoms with E-state index in [2.05, 4.69) is 34.5 Å². The van der Waals surface area contributed by atoms with Crippen LogP contribution in [0.15, 0.2) is 23.2 Å². The highest BCUT2D eigenvalue weighted by Gasteiger charge is 2.17. The number of aryl methyl sites for hydroxylation is 1. The van der Waals surface area contributed by atoms with E-state index in [1.54, 1.807) is 13.0 Å². The van der Waals surface area contributed by atoms with Gasteiger partial charge in [0, 0.05) is 19.6 Å². The summed E-state index contributed by atoms with van der Waals surface area (Å²) in [6.07, 6.45) is 2.54. The van der Waals surface area contributed by atoms with Crippen LogP contribution in [0.1, 0.15) is 30.9 Å². The van der Waals surface area contributed by atoms with E-state index in [1.807, 2.05) is 6.07 Å². The molecule has 1 aliphatic rings. The number of likely N-dealkylation sites (tertiary alicyclic amines) is 1. The predicted molar refractivity (Wildman–Crippen MR) is 110 cm³/mol. The van der Waals surface area contributed by atoms with E-state index >= 15 is 0 Å². The zero-order chi connectivity index (χ0) is 16.7. The lowest BCUT2D eigenvalue weighted by Crippen LogP contribution is -2.43. The molecule has 2 rings (SSSR count). The minimum Gasteiger partial charge on any atom is -0.357 e. The summed E-state index contributed by atoms with van der Waals surface area (Å²) in [5.41, 5.74) is 1.69. The smallest absolute Gasteiger partial charge is 0.191 e. The number of aliphatic imine (C=N–C) groups is 1. The molecule has 136 valence electrons. The van der Waals surface area contributed by atoms with Gasteiger partial charge >= 0.3 is 0 Å². The van der Waals surface area contributed by atoms with E-state index in [-0.39, 0.29) is 29.8 Å². The lowest BCUT2D eigenvalue weighted by molar-refractivity contribution is 0.210. The first-order chi connectivity index (χ1) is 11.1. The average molecular weight is 448 g/mol. The molecule has 0 aliphatic carbocycles. The maximum atomic E-state index is 13.3. The molecule has 0 spiro atoms. The lowest BCUT2D eigenvalue weighted by Gasteiger charge is -2.30. The molecule has 1 saturated heterocycles. The molecule has 1 aromatic carbocycles. The molecule has 4 nitrogen and oxygen atoms in total. The Bertz CT molecular complexity index is 536. The normalized spacial score (nSPS) is 18.8. The molecule has 0 amide bonds. The predicted octanol–water partition coefficient (Wildman–Crippen LogP) is 3.15. The van der Waals surface area contributed by atoms with Gasteiger partial charge in [0.15, 0.2) is 5.96 Å². The van der Waals surface area contributed by atoms with Crippen molar-refractivity contribution in [1.82, 2.24) is 15.5 Å². The van der Waals surface area contributed by atoms with Crippen molar-refractivity contribution in [2.75, 3.05) is 33.2 Å². The zero-order valence-electron chi connectivity index (χ0n) is 14.9. The van der Waals surface area contributed by atoms with Gasteiger partial charge in [-0.15, -0.1) is 24.0 Å². The number of piperidine rings is 1. The zero-order valence-corrected chi connectivity index (χ0v) is 17.3. The fraction of sp³-hybridized carbons (Fsp3) is 0.611. The van der Waals surface area contributed by atoms with Crippen molar-refractivity contribution in [2.45, 2.75) is 33.2 Å². The van der Waals surface area contributed by atoms with Gasteiger partial charge in [-0.2, -0.15) is 0 Å². The Balaban J connectivity index is 0.00000288. The van der Waals surface area contributed by atoms with Crippen molar-refractivity contribution in [3.8, 4) is 0 Å². The number of guanidine groups is 1. The van der Waals surface area contributed by atoms with Crippen molar-refractivity contribution >= 4 is 29.9 Å². The van der Waals surface area contributed by atoms with E-state index in [9.17, 15) is 4.39 Å². The highest BCUT2D eigenvalue weighted by atomic mass is 127. The monoisotopic (exact) mass is 448 g/mol. The number of nitrogens with zero attached hydrogens (tertiary/aromatic N) is 2. The van der Waals surface area contributed by atoms with E-state index in [4.69, 9.17) is 0 Å². The molecule has 0 bridgehead atoms. The minimum absolute atomic E-state index is 0. The first kappa shape index (κ1) is 21.2. The summed E-state index contributed by atoms with van der Waals surface area (Å²) < 4.78 is 13.3. The number of rotatable bonds is 5. The van der Waals surface area contributed by atoms with Gasteiger partial charge in [0.25, 0.3) is 0 Å². The molecular formula is C18H30FIN4. The van der Waals surface area contributed by atoms with Crippen molar-refractivity contribution < 1.29 is 4.39 Å². The molecule has 0 aromatic heterocycles. The minimum atomic E-state index is -0.163. The van der Waals surface area contributed by atoms with Gasteiger partial charge in [-0.05, 0) is 63.4 Å². The Morgan fingerprint density at radius 3 is 2.83 bits per heavy atom. The molecule has 2 N–H and O–H groups in total. The van der Waals surface area contributed by atoms with Crippen molar-refractivity contribution in [3.05, 3.63) is 35.1 Å². The second-order valence-corrected chi connectivity index (χ2v) is 6.43. The van der Waals surface area contributed by atoms with Crippen LogP contribution in [0, 0.1) is 18.7 Å². The van der Waals surface area contributed by atoms with E-state index in [1.165, 1.54) is 25.5 Å². The summed E-state index contributed by atoms with van der Waals surface area (Å²) in [5, 5.41) is 6.73. The van der Waals surface area contributed by atoms with Crippen LogP contribution in [0.4, 0.5) is 4.39 Å². The van der Waals surface area contributed by atoms with E-state index < -0.39 is 0 Å². The van der Waals surface area contributed by atoms with Crippen LogP contribution >= 0.6 is 24.0 Å². The first-order valence-corrected chi connectivity index (χ1v) is 8.54. The topological polar surface area (TPSA) is 39.7 Å². The Hall–Kier alpha value is -0.890. The van der Waals surface area contributed by atoms with Crippen molar-refractivity contribution in [1.29, 1.82) is 0 Å². The molecule has 0 radical (unpaired) electrons. The SMILES string of the molecule is CCNC(=NCc1ccc(F)c(C)c1)NCC1CCCN(C)C1.I. The molecular weight excluding hydrogens is 418 g/mol. The number of benzene rings is 1. The van der Waals surface area contributed by atoms with Crippen LogP contribution in [0.5, 0.6) is 0 Å². The van der Waals surface area contributed by atoms with Crippen LogP contribution < -0.4 is 10.6 Å². The number of hydrogen-bond acceptors (Lipinski definition) is 2. The van der Waals surface area contributed by atoms with Gasteiger partial charge < -0.3 is 15.5 Å². The molecule has 24 heavy (non-hydrogen) atoms. The molecule has 6 heteroatoms. The fourth-order valence-electron chi connectivity index (χ4n) is 3.00. The van der Waals surface area contributed by atoms with E-state index in [0.29, 0.717) is 18.0 Å². The number of nitrogens with one attached hydrogen (secondary N) is 2. The van der Waals surface area contributed by atoms with Gasteiger partial charge in [-0.1, -0.05) is 12.1 Å². The summed E-state index contributed by atoms with van der Waals surface area (Å²) in [6, 6.07) is 5.17. The van der Waals surface area contributed by atoms with Gasteiger partial charge in [0.05, 0.1) is 6.54 Å². The molecule has 1 fully saturated rings. The van der Waals surface area contributed by atoms with Crippen LogP contribution in [0.2, 0.25) is 0 Å². The van der Waals surface area contributed by atoms with Gasteiger partial charge in [0.1, 0.15) is 5.82 Å². The molecule has 0 saturated carbocycles. The lowest BCUT2D eigenvalue weighted by atomic mass is 9.99. The molecule has 1 atom stereocenters. The number of hydrogen-bond donors (Lipinski definition) is 2. The number of halogens is 2. The first-order valence-electron chi connectivity index (χ1n) is 8.54. The highest BCUT2D eigenvalue weighted by Crippen LogP contribution is 2.14. The Morgan fingerprint density at radius 1 is 1.38 bits per heavy atom. The molecule has 1 heterocycles.